The Morgan fingerprint density at radius 2 is 1.72 bits per heavy atom. The van der Waals surface area contributed by atoms with Crippen molar-refractivity contribution in [2.45, 2.75) is 20.0 Å². The van der Waals surface area contributed by atoms with E-state index in [2.05, 4.69) is 37.4 Å². The van der Waals surface area contributed by atoms with E-state index in [9.17, 15) is 5.11 Å². The fourth-order valence-corrected chi connectivity index (χ4v) is 2.16. The van der Waals surface area contributed by atoms with E-state index in [-0.39, 0.29) is 0 Å². The molecule has 0 aliphatic rings. The fraction of sp³-hybridized carbons (Fsp3) is 0.375. The summed E-state index contributed by atoms with van der Waals surface area (Å²) in [6.45, 7) is 5.86. The second kappa shape index (κ2) is 5.98. The maximum absolute atomic E-state index is 10.3. The van der Waals surface area contributed by atoms with Crippen LogP contribution in [0.2, 0.25) is 0 Å². The molecular weight excluding hydrogens is 222 g/mol. The highest BCUT2D eigenvalue weighted by molar-refractivity contribution is 5.85. The first-order chi connectivity index (χ1) is 8.68. The Bertz CT molecular complexity index is 502. The van der Waals surface area contributed by atoms with E-state index in [0.29, 0.717) is 12.5 Å². The van der Waals surface area contributed by atoms with Crippen molar-refractivity contribution in [1.82, 2.24) is 5.32 Å². The summed E-state index contributed by atoms with van der Waals surface area (Å²) in [4.78, 5) is 0. The van der Waals surface area contributed by atoms with Crippen LogP contribution in [0.25, 0.3) is 10.8 Å². The second-order valence-corrected chi connectivity index (χ2v) is 5.14. The Morgan fingerprint density at radius 1 is 1.00 bits per heavy atom. The number of benzene rings is 2. The fourth-order valence-electron chi connectivity index (χ4n) is 2.16. The Balaban J connectivity index is 2.15. The Kier molecular flexibility index (Phi) is 4.34. The van der Waals surface area contributed by atoms with Crippen LogP contribution in [0.3, 0.4) is 0 Å². The van der Waals surface area contributed by atoms with Crippen molar-refractivity contribution in [3.05, 3.63) is 48.0 Å². The topological polar surface area (TPSA) is 32.3 Å². The number of nitrogens with one attached hydrogen (secondary N) is 1. The van der Waals surface area contributed by atoms with Gasteiger partial charge in [0.1, 0.15) is 0 Å². The summed E-state index contributed by atoms with van der Waals surface area (Å²) in [5, 5.41) is 15.9. The minimum atomic E-state index is -0.449. The lowest BCUT2D eigenvalue weighted by atomic mass is 10.0. The van der Waals surface area contributed by atoms with E-state index in [1.807, 2.05) is 24.3 Å². The van der Waals surface area contributed by atoms with Crippen LogP contribution >= 0.6 is 0 Å². The Hall–Kier alpha value is -1.38. The molecule has 0 saturated heterocycles. The molecule has 0 radical (unpaired) electrons. The number of aliphatic hydroxyl groups is 1. The minimum Gasteiger partial charge on any atom is -0.387 e. The molecular formula is C16H21NO. The van der Waals surface area contributed by atoms with Gasteiger partial charge >= 0.3 is 0 Å². The van der Waals surface area contributed by atoms with Crippen LogP contribution in [0.5, 0.6) is 0 Å². The summed E-state index contributed by atoms with van der Waals surface area (Å²) in [6, 6.07) is 14.3. The third-order valence-corrected chi connectivity index (χ3v) is 3.07. The molecule has 2 N–H and O–H groups in total. The number of rotatable bonds is 5. The smallest absolute Gasteiger partial charge is 0.0920 e. The number of aliphatic hydroxyl groups excluding tert-OH is 1. The van der Waals surface area contributed by atoms with Crippen molar-refractivity contribution in [2.24, 2.45) is 5.92 Å². The lowest BCUT2D eigenvalue weighted by Gasteiger charge is -2.15. The van der Waals surface area contributed by atoms with Crippen LogP contribution in [-0.4, -0.2) is 18.2 Å². The summed E-state index contributed by atoms with van der Waals surface area (Å²) in [6.07, 6.45) is -0.449. The third kappa shape index (κ3) is 3.09. The van der Waals surface area contributed by atoms with E-state index < -0.39 is 6.10 Å². The van der Waals surface area contributed by atoms with E-state index >= 15 is 0 Å². The summed E-state index contributed by atoms with van der Waals surface area (Å²) in [7, 11) is 0. The molecule has 2 heteroatoms. The molecule has 0 fully saturated rings. The molecule has 0 unspecified atom stereocenters. The van der Waals surface area contributed by atoms with Gasteiger partial charge in [0.15, 0.2) is 0 Å². The standard InChI is InChI=1S/C16H21NO/c1-12(2)10-17-11-16(18)15-9-5-7-13-6-3-4-8-14(13)15/h3-9,12,16-18H,10-11H2,1-2H3/t16-/m1/s1. The molecule has 0 bridgehead atoms. The Morgan fingerprint density at radius 3 is 2.50 bits per heavy atom. The molecule has 2 aromatic carbocycles. The summed E-state index contributed by atoms with van der Waals surface area (Å²) < 4.78 is 0. The zero-order valence-electron chi connectivity index (χ0n) is 11.1. The molecule has 96 valence electrons. The summed E-state index contributed by atoms with van der Waals surface area (Å²) in [5.41, 5.74) is 1.00. The predicted molar refractivity (Wildman–Crippen MR) is 76.6 cm³/mol. The zero-order chi connectivity index (χ0) is 13.0. The van der Waals surface area contributed by atoms with Gasteiger partial charge in [-0.3, -0.25) is 0 Å². The third-order valence-electron chi connectivity index (χ3n) is 3.07. The Labute approximate surface area is 109 Å². The van der Waals surface area contributed by atoms with Crippen LogP contribution in [-0.2, 0) is 0 Å². The molecule has 0 aliphatic heterocycles. The first-order valence-corrected chi connectivity index (χ1v) is 6.55. The highest BCUT2D eigenvalue weighted by Crippen LogP contribution is 2.23. The molecule has 0 amide bonds. The predicted octanol–water partition coefficient (Wildman–Crippen LogP) is 3.12. The quantitative estimate of drug-likeness (QED) is 0.845. The maximum atomic E-state index is 10.3. The lowest BCUT2D eigenvalue weighted by molar-refractivity contribution is 0.175. The molecule has 0 aromatic heterocycles. The maximum Gasteiger partial charge on any atom is 0.0920 e. The lowest BCUT2D eigenvalue weighted by Crippen LogP contribution is -2.25. The van der Waals surface area contributed by atoms with Gasteiger partial charge in [0, 0.05) is 6.54 Å². The van der Waals surface area contributed by atoms with Gasteiger partial charge in [-0.05, 0) is 28.8 Å². The number of hydrogen-bond acceptors (Lipinski definition) is 2. The zero-order valence-corrected chi connectivity index (χ0v) is 11.1. The molecule has 0 spiro atoms. The average molecular weight is 243 g/mol. The van der Waals surface area contributed by atoms with E-state index in [0.717, 1.165) is 17.5 Å². The SMILES string of the molecule is CC(C)CNC[C@@H](O)c1cccc2ccccc12. The molecule has 2 rings (SSSR count). The average Bonchev–Trinajstić information content (AvgIpc) is 2.37. The van der Waals surface area contributed by atoms with Crippen molar-refractivity contribution in [3.8, 4) is 0 Å². The van der Waals surface area contributed by atoms with Gasteiger partial charge in [-0.15, -0.1) is 0 Å². The van der Waals surface area contributed by atoms with Crippen LogP contribution < -0.4 is 5.32 Å². The summed E-state index contributed by atoms with van der Waals surface area (Å²) >= 11 is 0. The van der Waals surface area contributed by atoms with Crippen molar-refractivity contribution in [2.75, 3.05) is 13.1 Å². The monoisotopic (exact) mass is 243 g/mol. The van der Waals surface area contributed by atoms with E-state index in [1.165, 1.54) is 5.39 Å². The largest absolute Gasteiger partial charge is 0.387 e. The second-order valence-electron chi connectivity index (χ2n) is 5.14. The minimum absolute atomic E-state index is 0.449. The van der Waals surface area contributed by atoms with Crippen LogP contribution in [0.4, 0.5) is 0 Å². The van der Waals surface area contributed by atoms with Crippen LogP contribution in [0.15, 0.2) is 42.5 Å². The van der Waals surface area contributed by atoms with E-state index in [4.69, 9.17) is 0 Å². The molecule has 0 saturated carbocycles. The van der Waals surface area contributed by atoms with Crippen molar-refractivity contribution >= 4 is 10.8 Å². The van der Waals surface area contributed by atoms with Gasteiger partial charge in [0.2, 0.25) is 0 Å². The molecule has 0 aliphatic carbocycles. The molecule has 2 nitrogen and oxygen atoms in total. The van der Waals surface area contributed by atoms with Crippen molar-refractivity contribution < 1.29 is 5.11 Å². The van der Waals surface area contributed by atoms with Gasteiger partial charge in [0.25, 0.3) is 0 Å². The molecule has 2 aromatic rings. The first kappa shape index (κ1) is 13.1. The van der Waals surface area contributed by atoms with Gasteiger partial charge in [-0.25, -0.2) is 0 Å². The number of hydrogen-bond donors (Lipinski definition) is 2. The molecule has 1 atom stereocenters. The van der Waals surface area contributed by atoms with Crippen LogP contribution in [0.1, 0.15) is 25.5 Å². The van der Waals surface area contributed by atoms with E-state index in [1.54, 1.807) is 0 Å². The summed E-state index contributed by atoms with van der Waals surface area (Å²) in [5.74, 6) is 0.602. The highest BCUT2D eigenvalue weighted by atomic mass is 16.3. The number of fused-ring (bicyclic) bond motifs is 1. The highest BCUT2D eigenvalue weighted by Gasteiger charge is 2.10. The molecule has 0 heterocycles. The van der Waals surface area contributed by atoms with Gasteiger partial charge in [0.05, 0.1) is 6.10 Å². The normalized spacial score (nSPS) is 13.1. The van der Waals surface area contributed by atoms with Gasteiger partial charge in [-0.2, -0.15) is 0 Å². The molecule has 18 heavy (non-hydrogen) atoms. The van der Waals surface area contributed by atoms with Gasteiger partial charge < -0.3 is 10.4 Å². The van der Waals surface area contributed by atoms with Crippen LogP contribution in [0, 0.1) is 5.92 Å². The first-order valence-electron chi connectivity index (χ1n) is 6.55. The van der Waals surface area contributed by atoms with Gasteiger partial charge in [-0.1, -0.05) is 56.3 Å². The van der Waals surface area contributed by atoms with Crippen molar-refractivity contribution in [1.29, 1.82) is 0 Å². The van der Waals surface area contributed by atoms with Crippen molar-refractivity contribution in [3.63, 3.8) is 0 Å².